The van der Waals surface area contributed by atoms with E-state index in [0.29, 0.717) is 18.2 Å². The van der Waals surface area contributed by atoms with Gasteiger partial charge in [-0.3, -0.25) is 19.8 Å². The van der Waals surface area contributed by atoms with Crippen molar-refractivity contribution in [2.75, 3.05) is 25.0 Å². The molecule has 0 radical (unpaired) electrons. The van der Waals surface area contributed by atoms with Gasteiger partial charge >= 0.3 is 0 Å². The second-order valence-electron chi connectivity index (χ2n) is 8.54. The van der Waals surface area contributed by atoms with Gasteiger partial charge in [0.15, 0.2) is 5.82 Å². The molecule has 0 amide bonds. The van der Waals surface area contributed by atoms with Crippen LogP contribution in [0.1, 0.15) is 49.8 Å². The highest BCUT2D eigenvalue weighted by Gasteiger charge is 2.31. The van der Waals surface area contributed by atoms with Crippen LogP contribution in [0, 0.1) is 16.0 Å². The summed E-state index contributed by atoms with van der Waals surface area (Å²) in [6.07, 6.45) is 5.62. The first kappa shape index (κ1) is 21.0. The third-order valence-corrected chi connectivity index (χ3v) is 5.71. The number of rotatable bonds is 7. The number of likely N-dealkylation sites (tertiary alicyclic amines) is 1. The fourth-order valence-corrected chi connectivity index (χ4v) is 3.85. The predicted octanol–water partition coefficient (Wildman–Crippen LogP) is 3.48. The van der Waals surface area contributed by atoms with Crippen molar-refractivity contribution in [1.82, 2.24) is 14.5 Å². The van der Waals surface area contributed by atoms with Gasteiger partial charge in [0, 0.05) is 49.7 Å². The van der Waals surface area contributed by atoms with Gasteiger partial charge in [-0.05, 0) is 51.3 Å². The van der Waals surface area contributed by atoms with Crippen LogP contribution in [-0.2, 0) is 7.05 Å². The highest BCUT2D eigenvalue weighted by molar-refractivity contribution is 6.07. The van der Waals surface area contributed by atoms with Crippen LogP contribution in [0.25, 0.3) is 0 Å². The summed E-state index contributed by atoms with van der Waals surface area (Å²) >= 11 is 0. The number of aryl methyl sites for hydroxylation is 1. The number of piperidine rings is 1. The van der Waals surface area contributed by atoms with Gasteiger partial charge in [0.25, 0.3) is 5.69 Å². The zero-order valence-electron chi connectivity index (χ0n) is 17.5. The molecule has 1 aliphatic heterocycles. The van der Waals surface area contributed by atoms with E-state index in [-0.39, 0.29) is 28.4 Å². The van der Waals surface area contributed by atoms with Crippen LogP contribution in [0.2, 0.25) is 0 Å². The lowest BCUT2D eigenvalue weighted by Crippen LogP contribution is -2.52. The second kappa shape index (κ2) is 8.32. The van der Waals surface area contributed by atoms with E-state index in [1.807, 2.05) is 0 Å². The highest BCUT2D eigenvalue weighted by atomic mass is 16.6. The fourth-order valence-electron chi connectivity index (χ4n) is 3.85. The van der Waals surface area contributed by atoms with E-state index in [2.05, 4.69) is 36.0 Å². The molecule has 1 atom stereocenters. The smallest absolute Gasteiger partial charge is 0.293 e. The Morgan fingerprint density at radius 3 is 2.79 bits per heavy atom. The normalized spacial score (nSPS) is 17.9. The van der Waals surface area contributed by atoms with Gasteiger partial charge in [0.2, 0.25) is 5.78 Å². The Hall–Kier alpha value is -2.74. The zero-order chi connectivity index (χ0) is 21.2. The largest absolute Gasteiger partial charge is 0.378 e. The molecule has 156 valence electrons. The Bertz CT molecular complexity index is 905. The van der Waals surface area contributed by atoms with Gasteiger partial charge < -0.3 is 9.88 Å². The number of carbonyl (C=O) groups is 1. The standard InChI is InChI=1S/C21H29N5O3/c1-15-6-5-10-25(13-15)21(2,3)14-23-17-8-7-16(12-18(17)26(28)29)19(27)20-22-9-11-24(20)4/h7-9,11-12,15,23H,5-6,10,13-14H2,1-4H3. The minimum absolute atomic E-state index is 0.104. The average molecular weight is 399 g/mol. The Balaban J connectivity index is 1.78. The third-order valence-electron chi connectivity index (χ3n) is 5.71. The molecular formula is C21H29N5O3. The molecule has 2 heterocycles. The third kappa shape index (κ3) is 4.64. The summed E-state index contributed by atoms with van der Waals surface area (Å²) in [5.41, 5.74) is 0.433. The van der Waals surface area contributed by atoms with Crippen molar-refractivity contribution >= 4 is 17.2 Å². The fraction of sp³-hybridized carbons (Fsp3) is 0.524. The average Bonchev–Trinajstić information content (AvgIpc) is 3.11. The Morgan fingerprint density at radius 2 is 2.17 bits per heavy atom. The van der Waals surface area contributed by atoms with E-state index in [4.69, 9.17) is 0 Å². The predicted molar refractivity (Wildman–Crippen MR) is 112 cm³/mol. The van der Waals surface area contributed by atoms with E-state index in [1.54, 1.807) is 29.9 Å². The second-order valence-corrected chi connectivity index (χ2v) is 8.54. The quantitative estimate of drug-likeness (QED) is 0.435. The summed E-state index contributed by atoms with van der Waals surface area (Å²) in [6.45, 7) is 9.23. The Kier molecular flexibility index (Phi) is 6.02. The van der Waals surface area contributed by atoms with E-state index in [9.17, 15) is 14.9 Å². The highest BCUT2D eigenvalue weighted by Crippen LogP contribution is 2.29. The summed E-state index contributed by atoms with van der Waals surface area (Å²) < 4.78 is 1.60. The summed E-state index contributed by atoms with van der Waals surface area (Å²) in [4.78, 5) is 30.3. The zero-order valence-corrected chi connectivity index (χ0v) is 17.5. The van der Waals surface area contributed by atoms with Crippen molar-refractivity contribution in [3.63, 3.8) is 0 Å². The molecule has 1 aliphatic rings. The molecule has 1 aromatic heterocycles. The van der Waals surface area contributed by atoms with E-state index in [1.165, 1.54) is 25.1 Å². The van der Waals surface area contributed by atoms with Gasteiger partial charge in [0.05, 0.1) is 4.92 Å². The van der Waals surface area contributed by atoms with Crippen LogP contribution in [0.3, 0.4) is 0 Å². The first-order chi connectivity index (χ1) is 13.7. The number of hydrogen-bond acceptors (Lipinski definition) is 6. The van der Waals surface area contributed by atoms with E-state index >= 15 is 0 Å². The summed E-state index contributed by atoms with van der Waals surface area (Å²) in [5, 5.41) is 14.9. The Labute approximate surface area is 171 Å². The van der Waals surface area contributed by atoms with Crippen LogP contribution < -0.4 is 5.32 Å². The lowest BCUT2D eigenvalue weighted by Gasteiger charge is -2.43. The molecule has 1 unspecified atom stereocenters. The molecule has 1 saturated heterocycles. The number of nitro groups is 1. The lowest BCUT2D eigenvalue weighted by molar-refractivity contribution is -0.384. The van der Waals surface area contributed by atoms with Crippen LogP contribution in [0.15, 0.2) is 30.6 Å². The molecule has 0 saturated carbocycles. The first-order valence-electron chi connectivity index (χ1n) is 9.98. The first-order valence-corrected chi connectivity index (χ1v) is 9.98. The number of nitrogens with zero attached hydrogens (tertiary/aromatic N) is 4. The lowest BCUT2D eigenvalue weighted by atomic mass is 9.93. The number of ketones is 1. The number of hydrogen-bond donors (Lipinski definition) is 1. The number of aromatic nitrogens is 2. The minimum Gasteiger partial charge on any atom is -0.378 e. The van der Waals surface area contributed by atoms with E-state index < -0.39 is 4.92 Å². The van der Waals surface area contributed by atoms with Crippen molar-refractivity contribution in [3.8, 4) is 0 Å². The topological polar surface area (TPSA) is 93.3 Å². The molecule has 29 heavy (non-hydrogen) atoms. The maximum atomic E-state index is 12.6. The van der Waals surface area contributed by atoms with Crippen molar-refractivity contribution in [3.05, 3.63) is 52.1 Å². The molecule has 8 heteroatoms. The maximum Gasteiger partial charge on any atom is 0.293 e. The van der Waals surface area contributed by atoms with Gasteiger partial charge in [-0.2, -0.15) is 0 Å². The van der Waals surface area contributed by atoms with Crippen molar-refractivity contribution in [1.29, 1.82) is 0 Å². The Morgan fingerprint density at radius 1 is 1.41 bits per heavy atom. The molecule has 8 nitrogen and oxygen atoms in total. The molecule has 2 aromatic rings. The minimum atomic E-state index is -0.451. The van der Waals surface area contributed by atoms with Crippen molar-refractivity contribution in [2.24, 2.45) is 13.0 Å². The number of carbonyl (C=O) groups excluding carboxylic acids is 1. The number of imidazole rings is 1. The van der Waals surface area contributed by atoms with Crippen LogP contribution in [0.5, 0.6) is 0 Å². The molecule has 0 spiro atoms. The van der Waals surface area contributed by atoms with Gasteiger partial charge in [0.1, 0.15) is 5.69 Å². The molecule has 0 aliphatic carbocycles. The van der Waals surface area contributed by atoms with Crippen LogP contribution >= 0.6 is 0 Å². The van der Waals surface area contributed by atoms with Crippen molar-refractivity contribution in [2.45, 2.75) is 39.2 Å². The number of benzene rings is 1. The van der Waals surface area contributed by atoms with Gasteiger partial charge in [-0.15, -0.1) is 0 Å². The molecule has 1 aromatic carbocycles. The number of nitrogens with one attached hydrogen (secondary N) is 1. The number of nitro benzene ring substituents is 1. The van der Waals surface area contributed by atoms with Gasteiger partial charge in [-0.25, -0.2) is 4.98 Å². The van der Waals surface area contributed by atoms with Crippen molar-refractivity contribution < 1.29 is 9.72 Å². The maximum absolute atomic E-state index is 12.6. The van der Waals surface area contributed by atoms with Crippen LogP contribution in [-0.4, -0.2) is 50.3 Å². The monoisotopic (exact) mass is 399 g/mol. The molecule has 3 rings (SSSR count). The number of anilines is 1. The SMILES string of the molecule is CC1CCCN(C(C)(C)CNc2ccc(C(=O)c3nccn3C)cc2[N+](=O)[O-])C1. The molecule has 1 fully saturated rings. The molecule has 1 N–H and O–H groups in total. The molecular weight excluding hydrogens is 370 g/mol. The molecule has 0 bridgehead atoms. The summed E-state index contributed by atoms with van der Waals surface area (Å²) in [5.74, 6) is 0.573. The summed E-state index contributed by atoms with van der Waals surface area (Å²) in [6, 6.07) is 4.56. The summed E-state index contributed by atoms with van der Waals surface area (Å²) in [7, 11) is 1.72. The van der Waals surface area contributed by atoms with Crippen LogP contribution in [0.4, 0.5) is 11.4 Å². The van der Waals surface area contributed by atoms with E-state index in [0.717, 1.165) is 13.1 Å². The van der Waals surface area contributed by atoms with Gasteiger partial charge in [-0.1, -0.05) is 6.92 Å².